The summed E-state index contributed by atoms with van der Waals surface area (Å²) in [7, 11) is 0. The Morgan fingerprint density at radius 2 is 1.83 bits per heavy atom. The molecule has 1 amide bonds. The first-order valence-electron chi connectivity index (χ1n) is 7.34. The molecule has 1 unspecified atom stereocenters. The summed E-state index contributed by atoms with van der Waals surface area (Å²) in [6, 6.07) is 16.4. The summed E-state index contributed by atoms with van der Waals surface area (Å²) >= 11 is 1.48. The first kappa shape index (κ1) is 14.8. The molecular weight excluding hydrogens is 326 g/mol. The van der Waals surface area contributed by atoms with Gasteiger partial charge < -0.3 is 9.52 Å². The van der Waals surface area contributed by atoms with Crippen LogP contribution in [0.15, 0.2) is 59.0 Å². The van der Waals surface area contributed by atoms with Gasteiger partial charge in [0.05, 0.1) is 5.75 Å². The first-order valence-corrected chi connectivity index (χ1v) is 8.39. The van der Waals surface area contributed by atoms with Crippen molar-refractivity contribution in [1.29, 1.82) is 0 Å². The summed E-state index contributed by atoms with van der Waals surface area (Å²) in [4.78, 5) is 13.8. The fourth-order valence-corrected chi connectivity index (χ4v) is 3.67. The van der Waals surface area contributed by atoms with E-state index in [0.29, 0.717) is 11.6 Å². The Morgan fingerprint density at radius 3 is 2.58 bits per heavy atom. The molecule has 6 nitrogen and oxygen atoms in total. The number of phenols is 1. The SMILES string of the molecule is O=C1CSC(c2ccc(O)cc2)N1c1nnc(-c2ccccc2)o1. The van der Waals surface area contributed by atoms with Gasteiger partial charge in [-0.3, -0.25) is 4.79 Å². The predicted molar refractivity (Wildman–Crippen MR) is 90.5 cm³/mol. The average Bonchev–Trinajstić information content (AvgIpc) is 3.23. The molecule has 0 saturated carbocycles. The van der Waals surface area contributed by atoms with Crippen LogP contribution in [0.2, 0.25) is 0 Å². The second-order valence-electron chi connectivity index (χ2n) is 5.27. The van der Waals surface area contributed by atoms with Gasteiger partial charge in [-0.1, -0.05) is 35.4 Å². The number of carbonyl (C=O) groups is 1. The van der Waals surface area contributed by atoms with Crippen molar-refractivity contribution >= 4 is 23.7 Å². The second-order valence-corrected chi connectivity index (χ2v) is 6.34. The van der Waals surface area contributed by atoms with E-state index in [0.717, 1.165) is 11.1 Å². The number of rotatable bonds is 3. The molecule has 2 aromatic carbocycles. The number of nitrogens with zero attached hydrogens (tertiary/aromatic N) is 3. The summed E-state index contributed by atoms with van der Waals surface area (Å²) in [6.45, 7) is 0. The molecule has 1 aliphatic rings. The summed E-state index contributed by atoms with van der Waals surface area (Å²) < 4.78 is 5.72. The number of thioether (sulfide) groups is 1. The molecule has 4 rings (SSSR count). The Morgan fingerprint density at radius 1 is 1.08 bits per heavy atom. The summed E-state index contributed by atoms with van der Waals surface area (Å²) in [6.07, 6.45) is 0. The van der Waals surface area contributed by atoms with Gasteiger partial charge in [0.25, 0.3) is 0 Å². The van der Waals surface area contributed by atoms with E-state index >= 15 is 0 Å². The van der Waals surface area contributed by atoms with Crippen molar-refractivity contribution in [3.8, 4) is 17.2 Å². The van der Waals surface area contributed by atoms with E-state index in [1.165, 1.54) is 16.7 Å². The van der Waals surface area contributed by atoms with Crippen molar-refractivity contribution < 1.29 is 14.3 Å². The van der Waals surface area contributed by atoms with Crippen LogP contribution in [0, 0.1) is 0 Å². The molecule has 1 saturated heterocycles. The zero-order chi connectivity index (χ0) is 16.5. The first-order chi connectivity index (χ1) is 11.7. The Bertz CT molecular complexity index is 864. The Kier molecular flexibility index (Phi) is 3.70. The van der Waals surface area contributed by atoms with Crippen LogP contribution in [0.3, 0.4) is 0 Å². The number of carbonyl (C=O) groups excluding carboxylic acids is 1. The number of benzene rings is 2. The highest BCUT2D eigenvalue weighted by molar-refractivity contribution is 8.00. The zero-order valence-corrected chi connectivity index (χ0v) is 13.3. The lowest BCUT2D eigenvalue weighted by molar-refractivity contribution is -0.116. The molecule has 24 heavy (non-hydrogen) atoms. The standard InChI is InChI=1S/C17H13N3O3S/c21-13-8-6-12(7-9-13)16-20(14(22)10-24-16)17-19-18-15(23-17)11-4-2-1-3-5-11/h1-9,16,21H,10H2. The van der Waals surface area contributed by atoms with Gasteiger partial charge in [-0.05, 0) is 29.8 Å². The quantitative estimate of drug-likeness (QED) is 0.789. The van der Waals surface area contributed by atoms with Gasteiger partial charge in [0.1, 0.15) is 11.1 Å². The van der Waals surface area contributed by atoms with E-state index in [-0.39, 0.29) is 23.0 Å². The van der Waals surface area contributed by atoms with Gasteiger partial charge in [-0.2, -0.15) is 0 Å². The van der Waals surface area contributed by atoms with Crippen LogP contribution in [-0.4, -0.2) is 27.0 Å². The van der Waals surface area contributed by atoms with E-state index in [1.807, 2.05) is 30.3 Å². The zero-order valence-electron chi connectivity index (χ0n) is 12.5. The van der Waals surface area contributed by atoms with Crippen LogP contribution in [0.4, 0.5) is 6.01 Å². The third-order valence-corrected chi connectivity index (χ3v) is 4.90. The normalized spacial score (nSPS) is 17.4. The smallest absolute Gasteiger partial charge is 0.326 e. The fourth-order valence-electron chi connectivity index (χ4n) is 2.53. The maximum atomic E-state index is 12.3. The molecular formula is C17H13N3O3S. The van der Waals surface area contributed by atoms with Gasteiger partial charge in [0.15, 0.2) is 0 Å². The summed E-state index contributed by atoms with van der Waals surface area (Å²) in [5.74, 6) is 0.819. The number of aromatic hydroxyl groups is 1. The number of anilines is 1. The highest BCUT2D eigenvalue weighted by Crippen LogP contribution is 2.41. The van der Waals surface area contributed by atoms with E-state index < -0.39 is 0 Å². The van der Waals surface area contributed by atoms with Crippen LogP contribution >= 0.6 is 11.8 Å². The maximum Gasteiger partial charge on any atom is 0.326 e. The lowest BCUT2D eigenvalue weighted by Gasteiger charge is -2.19. The van der Waals surface area contributed by atoms with Crippen molar-refractivity contribution in [3.05, 3.63) is 60.2 Å². The van der Waals surface area contributed by atoms with Crippen LogP contribution in [0.25, 0.3) is 11.5 Å². The second kappa shape index (κ2) is 6.01. The molecule has 1 aromatic heterocycles. The monoisotopic (exact) mass is 339 g/mol. The van der Waals surface area contributed by atoms with Gasteiger partial charge in [-0.15, -0.1) is 16.9 Å². The van der Waals surface area contributed by atoms with E-state index in [2.05, 4.69) is 10.2 Å². The topological polar surface area (TPSA) is 79.5 Å². The van der Waals surface area contributed by atoms with Crippen molar-refractivity contribution in [3.63, 3.8) is 0 Å². The molecule has 7 heteroatoms. The molecule has 1 N–H and O–H groups in total. The average molecular weight is 339 g/mol. The van der Waals surface area contributed by atoms with Gasteiger partial charge in [0.2, 0.25) is 11.8 Å². The minimum absolute atomic E-state index is 0.0821. The molecule has 0 spiro atoms. The molecule has 120 valence electrons. The highest BCUT2D eigenvalue weighted by Gasteiger charge is 2.37. The summed E-state index contributed by atoms with van der Waals surface area (Å²) in [5, 5.41) is 17.3. The molecule has 0 bridgehead atoms. The third-order valence-electron chi connectivity index (χ3n) is 3.69. The molecule has 3 aromatic rings. The van der Waals surface area contributed by atoms with Crippen molar-refractivity contribution in [1.82, 2.24) is 10.2 Å². The largest absolute Gasteiger partial charge is 0.508 e. The van der Waals surface area contributed by atoms with Crippen molar-refractivity contribution in [2.24, 2.45) is 0 Å². The molecule has 1 aliphatic heterocycles. The third kappa shape index (κ3) is 2.63. The Balaban J connectivity index is 1.67. The van der Waals surface area contributed by atoms with Crippen LogP contribution < -0.4 is 4.90 Å². The highest BCUT2D eigenvalue weighted by atomic mass is 32.2. The van der Waals surface area contributed by atoms with Crippen molar-refractivity contribution in [2.45, 2.75) is 5.37 Å². The van der Waals surface area contributed by atoms with E-state index in [9.17, 15) is 9.90 Å². The van der Waals surface area contributed by atoms with Crippen LogP contribution in [-0.2, 0) is 4.79 Å². The summed E-state index contributed by atoms with van der Waals surface area (Å²) in [5.41, 5.74) is 1.69. The Hall–Kier alpha value is -2.80. The fraction of sp³-hybridized carbons (Fsp3) is 0.118. The number of phenolic OH excluding ortho intramolecular Hbond substituents is 1. The van der Waals surface area contributed by atoms with Crippen molar-refractivity contribution in [2.75, 3.05) is 10.7 Å². The molecule has 0 aliphatic carbocycles. The van der Waals surface area contributed by atoms with Gasteiger partial charge >= 0.3 is 6.01 Å². The number of aromatic nitrogens is 2. The van der Waals surface area contributed by atoms with E-state index in [4.69, 9.17) is 4.42 Å². The molecule has 0 radical (unpaired) electrons. The minimum atomic E-state index is -0.248. The Labute approximate surface area is 142 Å². The van der Waals surface area contributed by atoms with Crippen LogP contribution in [0.1, 0.15) is 10.9 Å². The molecule has 1 atom stereocenters. The molecule has 1 fully saturated rings. The number of hydrogen-bond acceptors (Lipinski definition) is 6. The maximum absolute atomic E-state index is 12.3. The predicted octanol–water partition coefficient (Wildman–Crippen LogP) is 3.22. The van der Waals surface area contributed by atoms with Gasteiger partial charge in [-0.25, -0.2) is 4.90 Å². The lowest BCUT2D eigenvalue weighted by atomic mass is 10.2. The minimum Gasteiger partial charge on any atom is -0.508 e. The van der Waals surface area contributed by atoms with Gasteiger partial charge in [0, 0.05) is 5.56 Å². The van der Waals surface area contributed by atoms with Crippen LogP contribution in [0.5, 0.6) is 5.75 Å². The number of hydrogen-bond donors (Lipinski definition) is 1. The molecule has 2 heterocycles. The lowest BCUT2D eigenvalue weighted by Crippen LogP contribution is -2.28. The number of amides is 1. The van der Waals surface area contributed by atoms with E-state index in [1.54, 1.807) is 24.3 Å².